The van der Waals surface area contributed by atoms with E-state index in [0.717, 1.165) is 10.4 Å². The van der Waals surface area contributed by atoms with Gasteiger partial charge in [0.2, 0.25) is 0 Å². The molecular formula is C20H21FN4O2S. The summed E-state index contributed by atoms with van der Waals surface area (Å²) in [7, 11) is 0. The summed E-state index contributed by atoms with van der Waals surface area (Å²) in [6.07, 6.45) is -0.492. The second-order valence-electron chi connectivity index (χ2n) is 6.80. The van der Waals surface area contributed by atoms with Gasteiger partial charge < -0.3 is 10.0 Å². The lowest BCUT2D eigenvalue weighted by molar-refractivity contribution is 0.0528. The number of benzene rings is 1. The van der Waals surface area contributed by atoms with Gasteiger partial charge in [0.05, 0.1) is 5.69 Å². The molecule has 1 atom stereocenters. The number of hydrogen-bond acceptors (Lipinski definition) is 5. The van der Waals surface area contributed by atoms with Crippen molar-refractivity contribution in [1.82, 2.24) is 20.0 Å². The standard InChI is InChI=1S/C20H21FN4O2S/c21-15-5-3-14(4-6-15)16-12-17(23-22-16)20(27)25-9-7-24(8-10-25)13-18(26)19-2-1-11-28-19/h1-6,11-12,18,26H,7-10,13H2,(H,22,23)/t18-/m1/s1. The molecule has 1 amide bonds. The van der Waals surface area contributed by atoms with Gasteiger partial charge in [0.1, 0.15) is 17.6 Å². The van der Waals surface area contributed by atoms with E-state index in [9.17, 15) is 14.3 Å². The number of nitrogens with one attached hydrogen (secondary N) is 1. The van der Waals surface area contributed by atoms with Crippen LogP contribution in [-0.4, -0.2) is 63.7 Å². The van der Waals surface area contributed by atoms with Crippen LogP contribution in [0.2, 0.25) is 0 Å². The summed E-state index contributed by atoms with van der Waals surface area (Å²) in [6.45, 7) is 3.20. The molecule has 1 aromatic carbocycles. The summed E-state index contributed by atoms with van der Waals surface area (Å²) in [6, 6.07) is 11.6. The highest BCUT2D eigenvalue weighted by Crippen LogP contribution is 2.21. The number of aliphatic hydroxyl groups excluding tert-OH is 1. The van der Waals surface area contributed by atoms with Gasteiger partial charge in [-0.1, -0.05) is 6.07 Å². The highest BCUT2D eigenvalue weighted by molar-refractivity contribution is 7.10. The van der Waals surface area contributed by atoms with Crippen molar-refractivity contribution < 1.29 is 14.3 Å². The first-order valence-corrected chi connectivity index (χ1v) is 10.0. The molecular weight excluding hydrogens is 379 g/mol. The van der Waals surface area contributed by atoms with E-state index in [1.54, 1.807) is 34.4 Å². The van der Waals surface area contributed by atoms with Gasteiger partial charge >= 0.3 is 0 Å². The van der Waals surface area contributed by atoms with E-state index in [1.165, 1.54) is 12.1 Å². The predicted octanol–water partition coefficient (Wildman–Crippen LogP) is 2.77. The number of piperazine rings is 1. The Kier molecular flexibility index (Phi) is 5.52. The van der Waals surface area contributed by atoms with E-state index in [-0.39, 0.29) is 11.7 Å². The van der Waals surface area contributed by atoms with Crippen molar-refractivity contribution in [2.24, 2.45) is 0 Å². The number of β-amino-alcohol motifs (C(OH)–C–C–N with tert-alkyl or cyclic N) is 1. The van der Waals surface area contributed by atoms with Crippen molar-refractivity contribution in [3.05, 3.63) is 64.2 Å². The highest BCUT2D eigenvalue weighted by atomic mass is 32.1. The molecule has 2 N–H and O–H groups in total. The molecule has 4 rings (SSSR count). The van der Waals surface area contributed by atoms with Crippen LogP contribution in [-0.2, 0) is 0 Å². The number of rotatable bonds is 5. The molecule has 0 saturated carbocycles. The third kappa shape index (κ3) is 4.14. The quantitative estimate of drug-likeness (QED) is 0.691. The number of hydrogen-bond donors (Lipinski definition) is 2. The molecule has 3 heterocycles. The normalized spacial score (nSPS) is 16.3. The van der Waals surface area contributed by atoms with Crippen LogP contribution in [0, 0.1) is 5.82 Å². The van der Waals surface area contributed by atoms with Crippen LogP contribution in [0.4, 0.5) is 4.39 Å². The molecule has 1 aliphatic heterocycles. The summed E-state index contributed by atoms with van der Waals surface area (Å²) in [5.41, 5.74) is 1.79. The average Bonchev–Trinajstić information content (AvgIpc) is 3.41. The summed E-state index contributed by atoms with van der Waals surface area (Å²) in [5, 5.41) is 19.2. The van der Waals surface area contributed by atoms with Crippen molar-refractivity contribution in [1.29, 1.82) is 0 Å². The Hall–Kier alpha value is -2.55. The van der Waals surface area contributed by atoms with Crippen LogP contribution in [0.15, 0.2) is 47.8 Å². The van der Waals surface area contributed by atoms with Gasteiger partial charge in [-0.05, 0) is 41.8 Å². The largest absolute Gasteiger partial charge is 0.386 e. The average molecular weight is 400 g/mol. The zero-order valence-electron chi connectivity index (χ0n) is 15.2. The number of carbonyl (C=O) groups is 1. The number of aromatic nitrogens is 2. The Bertz CT molecular complexity index is 918. The van der Waals surface area contributed by atoms with Crippen LogP contribution < -0.4 is 0 Å². The first-order chi connectivity index (χ1) is 13.6. The number of carbonyl (C=O) groups excluding carboxylic acids is 1. The fraction of sp³-hybridized carbons (Fsp3) is 0.300. The van der Waals surface area contributed by atoms with Gasteiger partial charge in [0.15, 0.2) is 0 Å². The minimum atomic E-state index is -0.492. The van der Waals surface area contributed by atoms with Crippen LogP contribution in [0.5, 0.6) is 0 Å². The lowest BCUT2D eigenvalue weighted by Crippen LogP contribution is -2.49. The van der Waals surface area contributed by atoms with Crippen molar-refractivity contribution in [3.63, 3.8) is 0 Å². The van der Waals surface area contributed by atoms with E-state index in [0.29, 0.717) is 44.1 Å². The Morgan fingerprint density at radius 1 is 1.21 bits per heavy atom. The van der Waals surface area contributed by atoms with E-state index in [2.05, 4.69) is 15.1 Å². The summed E-state index contributed by atoms with van der Waals surface area (Å²) < 4.78 is 13.1. The highest BCUT2D eigenvalue weighted by Gasteiger charge is 2.25. The number of aliphatic hydroxyl groups is 1. The molecule has 0 radical (unpaired) electrons. The molecule has 0 bridgehead atoms. The second kappa shape index (κ2) is 8.22. The van der Waals surface area contributed by atoms with Crippen molar-refractivity contribution >= 4 is 17.2 Å². The molecule has 1 fully saturated rings. The predicted molar refractivity (Wildman–Crippen MR) is 106 cm³/mol. The van der Waals surface area contributed by atoms with Crippen molar-refractivity contribution in [3.8, 4) is 11.3 Å². The Morgan fingerprint density at radius 3 is 2.64 bits per heavy atom. The van der Waals surface area contributed by atoms with Gasteiger partial charge in [0.25, 0.3) is 5.91 Å². The maximum absolute atomic E-state index is 13.1. The lowest BCUT2D eigenvalue weighted by atomic mass is 10.1. The summed E-state index contributed by atoms with van der Waals surface area (Å²) in [5.74, 6) is -0.406. The first kappa shape index (κ1) is 18.8. The van der Waals surface area contributed by atoms with Gasteiger partial charge in [0, 0.05) is 43.2 Å². The molecule has 0 aliphatic carbocycles. The number of thiophene rings is 1. The molecule has 0 unspecified atom stereocenters. The topological polar surface area (TPSA) is 72.5 Å². The zero-order valence-corrected chi connectivity index (χ0v) is 16.0. The Morgan fingerprint density at radius 2 is 1.96 bits per heavy atom. The molecule has 146 valence electrons. The molecule has 6 nitrogen and oxygen atoms in total. The van der Waals surface area contributed by atoms with Gasteiger partial charge in [-0.15, -0.1) is 11.3 Å². The fourth-order valence-electron chi connectivity index (χ4n) is 3.32. The maximum atomic E-state index is 13.1. The van der Waals surface area contributed by atoms with Crippen LogP contribution in [0.3, 0.4) is 0 Å². The number of halogens is 1. The third-order valence-corrected chi connectivity index (χ3v) is 5.88. The van der Waals surface area contributed by atoms with Crippen LogP contribution in [0.1, 0.15) is 21.5 Å². The second-order valence-corrected chi connectivity index (χ2v) is 7.78. The lowest BCUT2D eigenvalue weighted by Gasteiger charge is -2.35. The van der Waals surface area contributed by atoms with Gasteiger partial charge in [-0.3, -0.25) is 14.8 Å². The van der Waals surface area contributed by atoms with Crippen molar-refractivity contribution in [2.75, 3.05) is 32.7 Å². The van der Waals surface area contributed by atoms with E-state index in [1.807, 2.05) is 17.5 Å². The molecule has 1 saturated heterocycles. The SMILES string of the molecule is O=C(c1cc(-c2ccc(F)cc2)n[nH]1)N1CCN(C[C@@H](O)c2cccs2)CC1. The number of aromatic amines is 1. The minimum Gasteiger partial charge on any atom is -0.386 e. The first-order valence-electron chi connectivity index (χ1n) is 9.14. The van der Waals surface area contributed by atoms with E-state index < -0.39 is 6.10 Å². The van der Waals surface area contributed by atoms with Crippen molar-refractivity contribution in [2.45, 2.75) is 6.10 Å². The molecule has 8 heteroatoms. The maximum Gasteiger partial charge on any atom is 0.271 e. The third-order valence-electron chi connectivity index (χ3n) is 4.91. The van der Waals surface area contributed by atoms with Gasteiger partial charge in [-0.2, -0.15) is 5.10 Å². The van der Waals surface area contributed by atoms with Crippen LogP contribution >= 0.6 is 11.3 Å². The number of nitrogens with zero attached hydrogens (tertiary/aromatic N) is 3. The minimum absolute atomic E-state index is 0.0979. The van der Waals surface area contributed by atoms with Crippen LogP contribution in [0.25, 0.3) is 11.3 Å². The number of H-pyrrole nitrogens is 1. The van der Waals surface area contributed by atoms with E-state index in [4.69, 9.17) is 0 Å². The molecule has 2 aromatic heterocycles. The monoisotopic (exact) mass is 400 g/mol. The fourth-order valence-corrected chi connectivity index (χ4v) is 4.02. The van der Waals surface area contributed by atoms with E-state index >= 15 is 0 Å². The molecule has 1 aliphatic rings. The zero-order chi connectivity index (χ0) is 19.5. The molecule has 0 spiro atoms. The Balaban J connectivity index is 1.33. The Labute approximate surface area is 166 Å². The molecule has 28 heavy (non-hydrogen) atoms. The number of amides is 1. The summed E-state index contributed by atoms with van der Waals surface area (Å²) in [4.78, 5) is 17.7. The summed E-state index contributed by atoms with van der Waals surface area (Å²) >= 11 is 1.55. The smallest absolute Gasteiger partial charge is 0.271 e. The van der Waals surface area contributed by atoms with Gasteiger partial charge in [-0.25, -0.2) is 4.39 Å². The molecule has 3 aromatic rings.